The second kappa shape index (κ2) is 9.14. The van der Waals surface area contributed by atoms with Crippen molar-refractivity contribution in [1.29, 1.82) is 0 Å². The molecule has 2 fully saturated rings. The average Bonchev–Trinajstić information content (AvgIpc) is 3.16. The van der Waals surface area contributed by atoms with Gasteiger partial charge in [0, 0.05) is 26.2 Å². The molecule has 0 saturated carbocycles. The molecule has 2 atom stereocenters. The molecule has 2 N–H and O–H groups in total. The van der Waals surface area contributed by atoms with Gasteiger partial charge >= 0.3 is 0 Å². The summed E-state index contributed by atoms with van der Waals surface area (Å²) in [6.07, 6.45) is 1.67. The lowest BCUT2D eigenvalue weighted by Gasteiger charge is -2.29. The van der Waals surface area contributed by atoms with Gasteiger partial charge in [0.05, 0.1) is 17.6 Å². The zero-order valence-electron chi connectivity index (χ0n) is 14.8. The second-order valence-electron chi connectivity index (χ2n) is 6.48. The predicted octanol–water partition coefficient (Wildman–Crippen LogP) is 0.886. The summed E-state index contributed by atoms with van der Waals surface area (Å²) >= 11 is 0. The largest absolute Gasteiger partial charge is 0.375 e. The number of morpholine rings is 1. The highest BCUT2D eigenvalue weighted by molar-refractivity contribution is 7.89. The SMILES string of the molecule is C[C@H]1OCCN[C@@H]1C(=O)NCc1ccc(S(=O)(=O)N2CCCC2)cc1.Cl. The van der Waals surface area contributed by atoms with Gasteiger partial charge in [-0.25, -0.2) is 8.42 Å². The number of nitrogens with zero attached hydrogens (tertiary/aromatic N) is 1. The van der Waals surface area contributed by atoms with Crippen LogP contribution in [0.1, 0.15) is 25.3 Å². The number of halogens is 1. The maximum Gasteiger partial charge on any atom is 0.243 e. The Morgan fingerprint density at radius 2 is 1.92 bits per heavy atom. The molecular formula is C17H26ClN3O4S. The number of carbonyl (C=O) groups excluding carboxylic acids is 1. The van der Waals surface area contributed by atoms with Gasteiger partial charge in [-0.1, -0.05) is 12.1 Å². The molecule has 26 heavy (non-hydrogen) atoms. The highest BCUT2D eigenvalue weighted by atomic mass is 35.5. The molecule has 3 rings (SSSR count). The molecule has 0 radical (unpaired) electrons. The number of carbonyl (C=O) groups is 1. The Bertz CT molecular complexity index is 705. The quantitative estimate of drug-likeness (QED) is 0.762. The van der Waals surface area contributed by atoms with Crippen LogP contribution in [0.4, 0.5) is 0 Å². The van der Waals surface area contributed by atoms with E-state index < -0.39 is 10.0 Å². The van der Waals surface area contributed by atoms with E-state index in [4.69, 9.17) is 4.74 Å². The lowest BCUT2D eigenvalue weighted by atomic mass is 10.1. The van der Waals surface area contributed by atoms with E-state index in [9.17, 15) is 13.2 Å². The van der Waals surface area contributed by atoms with E-state index in [1.807, 2.05) is 6.92 Å². The summed E-state index contributed by atoms with van der Waals surface area (Å²) in [6, 6.07) is 6.36. The summed E-state index contributed by atoms with van der Waals surface area (Å²) in [5, 5.41) is 6.01. The smallest absolute Gasteiger partial charge is 0.243 e. The molecule has 1 aromatic rings. The van der Waals surface area contributed by atoms with Crippen LogP contribution in [0.15, 0.2) is 29.2 Å². The molecule has 2 saturated heterocycles. The first-order valence-electron chi connectivity index (χ1n) is 8.70. The topological polar surface area (TPSA) is 87.7 Å². The minimum atomic E-state index is -3.39. The van der Waals surface area contributed by atoms with Crippen LogP contribution in [-0.4, -0.2) is 57.0 Å². The molecule has 1 aromatic carbocycles. The van der Waals surface area contributed by atoms with Crippen LogP contribution in [0.2, 0.25) is 0 Å². The molecule has 0 aliphatic carbocycles. The van der Waals surface area contributed by atoms with Crippen LogP contribution in [0.25, 0.3) is 0 Å². The van der Waals surface area contributed by atoms with Gasteiger partial charge in [0.15, 0.2) is 0 Å². The molecule has 2 aliphatic rings. The van der Waals surface area contributed by atoms with Crippen LogP contribution in [0.3, 0.4) is 0 Å². The third-order valence-corrected chi connectivity index (χ3v) is 6.60. The summed E-state index contributed by atoms with van der Waals surface area (Å²) in [6.45, 7) is 4.68. The maximum absolute atomic E-state index is 12.5. The summed E-state index contributed by atoms with van der Waals surface area (Å²) in [5.74, 6) is -0.110. The van der Waals surface area contributed by atoms with E-state index in [2.05, 4.69) is 10.6 Å². The third kappa shape index (κ3) is 4.75. The number of rotatable bonds is 5. The number of hydrogen-bond donors (Lipinski definition) is 2. The van der Waals surface area contributed by atoms with E-state index in [1.54, 1.807) is 24.3 Å². The van der Waals surface area contributed by atoms with Gasteiger partial charge in [0.1, 0.15) is 6.04 Å². The van der Waals surface area contributed by atoms with E-state index in [-0.39, 0.29) is 30.5 Å². The first-order chi connectivity index (χ1) is 12.0. The van der Waals surface area contributed by atoms with Crippen LogP contribution >= 0.6 is 12.4 Å². The standard InChI is InChI=1S/C17H25N3O4S.ClH/c1-13-16(18-8-11-24-13)17(21)19-12-14-4-6-15(7-5-14)25(22,23)20-9-2-3-10-20;/h4-7,13,16,18H,2-3,8-12H2,1H3,(H,19,21);1H/t13-,16+;/m1./s1. The van der Waals surface area contributed by atoms with Crippen molar-refractivity contribution in [2.24, 2.45) is 0 Å². The van der Waals surface area contributed by atoms with Crippen LogP contribution in [0.5, 0.6) is 0 Å². The van der Waals surface area contributed by atoms with Crippen LogP contribution in [-0.2, 0) is 26.1 Å². The van der Waals surface area contributed by atoms with Crippen molar-refractivity contribution in [2.45, 2.75) is 43.4 Å². The summed E-state index contributed by atoms with van der Waals surface area (Å²) in [5.41, 5.74) is 0.859. The van der Waals surface area contributed by atoms with Gasteiger partial charge in [-0.05, 0) is 37.5 Å². The van der Waals surface area contributed by atoms with E-state index in [0.29, 0.717) is 37.7 Å². The molecule has 2 aliphatic heterocycles. The van der Waals surface area contributed by atoms with Gasteiger partial charge in [-0.2, -0.15) is 4.31 Å². The number of benzene rings is 1. The first kappa shape index (κ1) is 21.1. The van der Waals surface area contributed by atoms with Crippen molar-refractivity contribution >= 4 is 28.3 Å². The molecule has 0 bridgehead atoms. The highest BCUT2D eigenvalue weighted by Crippen LogP contribution is 2.21. The van der Waals surface area contributed by atoms with Crippen LogP contribution in [0, 0.1) is 0 Å². The van der Waals surface area contributed by atoms with Crippen molar-refractivity contribution in [1.82, 2.24) is 14.9 Å². The summed E-state index contributed by atoms with van der Waals surface area (Å²) < 4.78 is 32.0. The van der Waals surface area contributed by atoms with Gasteiger partial charge in [0.25, 0.3) is 0 Å². The average molecular weight is 404 g/mol. The fourth-order valence-electron chi connectivity index (χ4n) is 3.18. The molecule has 0 unspecified atom stereocenters. The molecular weight excluding hydrogens is 378 g/mol. The Morgan fingerprint density at radius 1 is 1.27 bits per heavy atom. The Kier molecular flexibility index (Phi) is 7.42. The number of nitrogens with one attached hydrogen (secondary N) is 2. The Hall–Kier alpha value is -1.19. The normalized spacial score (nSPS) is 24.0. The Labute approximate surface area is 160 Å². The van der Waals surface area contributed by atoms with E-state index >= 15 is 0 Å². The fourth-order valence-corrected chi connectivity index (χ4v) is 4.70. The van der Waals surface area contributed by atoms with E-state index in [0.717, 1.165) is 18.4 Å². The zero-order valence-corrected chi connectivity index (χ0v) is 16.4. The zero-order chi connectivity index (χ0) is 17.9. The number of hydrogen-bond acceptors (Lipinski definition) is 5. The Balaban J connectivity index is 0.00000243. The minimum absolute atomic E-state index is 0. The van der Waals surface area contributed by atoms with E-state index in [1.165, 1.54) is 4.31 Å². The lowest BCUT2D eigenvalue weighted by Crippen LogP contribution is -2.55. The van der Waals surface area contributed by atoms with Gasteiger partial charge in [0.2, 0.25) is 15.9 Å². The fraction of sp³-hybridized carbons (Fsp3) is 0.588. The molecule has 0 spiro atoms. The predicted molar refractivity (Wildman–Crippen MR) is 101 cm³/mol. The van der Waals surface area contributed by atoms with Crippen LogP contribution < -0.4 is 10.6 Å². The molecule has 9 heteroatoms. The lowest BCUT2D eigenvalue weighted by molar-refractivity contribution is -0.129. The minimum Gasteiger partial charge on any atom is -0.375 e. The molecule has 7 nitrogen and oxygen atoms in total. The molecule has 2 heterocycles. The van der Waals surface area contributed by atoms with Crippen molar-refractivity contribution in [2.75, 3.05) is 26.2 Å². The van der Waals surface area contributed by atoms with Gasteiger partial charge in [-0.3, -0.25) is 4.79 Å². The van der Waals surface area contributed by atoms with Gasteiger partial charge in [-0.15, -0.1) is 12.4 Å². The van der Waals surface area contributed by atoms with Crippen molar-refractivity contribution in [3.8, 4) is 0 Å². The molecule has 1 amide bonds. The van der Waals surface area contributed by atoms with Crippen molar-refractivity contribution in [3.05, 3.63) is 29.8 Å². The number of sulfonamides is 1. The summed E-state index contributed by atoms with van der Waals surface area (Å²) in [7, 11) is -3.39. The number of ether oxygens (including phenoxy) is 1. The second-order valence-corrected chi connectivity index (χ2v) is 8.42. The third-order valence-electron chi connectivity index (χ3n) is 4.69. The number of amides is 1. The first-order valence-corrected chi connectivity index (χ1v) is 10.1. The van der Waals surface area contributed by atoms with Gasteiger partial charge < -0.3 is 15.4 Å². The summed E-state index contributed by atoms with van der Waals surface area (Å²) in [4.78, 5) is 12.5. The molecule has 146 valence electrons. The Morgan fingerprint density at radius 3 is 2.54 bits per heavy atom. The monoisotopic (exact) mass is 403 g/mol. The maximum atomic E-state index is 12.5. The highest BCUT2D eigenvalue weighted by Gasteiger charge is 2.28. The van der Waals surface area contributed by atoms with Crippen molar-refractivity contribution in [3.63, 3.8) is 0 Å². The van der Waals surface area contributed by atoms with Crippen molar-refractivity contribution < 1.29 is 17.9 Å². The molecule has 0 aromatic heterocycles.